The van der Waals surface area contributed by atoms with E-state index in [1.165, 1.54) is 30.4 Å². The molecule has 0 heterocycles. The number of rotatable bonds is 3. The van der Waals surface area contributed by atoms with E-state index in [4.69, 9.17) is 0 Å². The Morgan fingerprint density at radius 2 is 1.95 bits per heavy atom. The van der Waals surface area contributed by atoms with E-state index >= 15 is 0 Å². The summed E-state index contributed by atoms with van der Waals surface area (Å²) in [5.41, 5.74) is 3.85. The first kappa shape index (κ1) is 13.2. The minimum absolute atomic E-state index is 0.486. The molecule has 0 radical (unpaired) electrons. The molecule has 1 aromatic rings. The second-order valence-corrected chi connectivity index (χ2v) is 7.47. The highest BCUT2D eigenvalue weighted by Crippen LogP contribution is 2.65. The third kappa shape index (κ3) is 1.86. The van der Waals surface area contributed by atoms with E-state index in [1.54, 1.807) is 0 Å². The first-order valence-corrected chi connectivity index (χ1v) is 7.73. The van der Waals surface area contributed by atoms with Gasteiger partial charge in [-0.1, -0.05) is 45.0 Å². The molecule has 3 atom stereocenters. The number of nitrogens with one attached hydrogen (secondary N) is 1. The van der Waals surface area contributed by atoms with Crippen molar-refractivity contribution < 1.29 is 0 Å². The fourth-order valence-electron chi connectivity index (χ4n) is 4.55. The lowest BCUT2D eigenvalue weighted by Crippen LogP contribution is -2.44. The van der Waals surface area contributed by atoms with E-state index < -0.39 is 0 Å². The summed E-state index contributed by atoms with van der Waals surface area (Å²) >= 11 is 0. The highest BCUT2D eigenvalue weighted by molar-refractivity contribution is 5.25. The van der Waals surface area contributed by atoms with Gasteiger partial charge < -0.3 is 5.32 Å². The molecule has 1 N–H and O–H groups in total. The highest BCUT2D eigenvalue weighted by Gasteiger charge is 2.60. The first-order chi connectivity index (χ1) is 8.95. The lowest BCUT2D eigenvalue weighted by molar-refractivity contribution is 0.120. The van der Waals surface area contributed by atoms with Crippen LogP contribution in [0.1, 0.15) is 51.2 Å². The van der Waals surface area contributed by atoms with Gasteiger partial charge in [-0.25, -0.2) is 0 Å². The lowest BCUT2D eigenvalue weighted by atomic mass is 9.69. The van der Waals surface area contributed by atoms with Gasteiger partial charge in [-0.3, -0.25) is 0 Å². The maximum Gasteiger partial charge on any atom is 0.0210 e. The van der Waals surface area contributed by atoms with Crippen molar-refractivity contribution in [1.29, 1.82) is 0 Å². The van der Waals surface area contributed by atoms with Crippen molar-refractivity contribution in [2.24, 2.45) is 16.7 Å². The van der Waals surface area contributed by atoms with Crippen molar-refractivity contribution in [2.75, 3.05) is 0 Å². The maximum absolute atomic E-state index is 3.87. The Kier molecular flexibility index (Phi) is 3.01. The number of aryl methyl sites for hydroxylation is 1. The highest BCUT2D eigenvalue weighted by atomic mass is 15.0. The zero-order valence-electron chi connectivity index (χ0n) is 12.8. The van der Waals surface area contributed by atoms with Crippen LogP contribution in [0.4, 0.5) is 0 Å². The number of hydrogen-bond donors (Lipinski definition) is 1. The maximum atomic E-state index is 3.87. The van der Waals surface area contributed by atoms with Gasteiger partial charge in [0.15, 0.2) is 0 Å². The van der Waals surface area contributed by atoms with Crippen LogP contribution < -0.4 is 5.32 Å². The van der Waals surface area contributed by atoms with Gasteiger partial charge in [-0.15, -0.1) is 0 Å². The molecule has 1 nitrogen and oxygen atoms in total. The third-order valence-corrected chi connectivity index (χ3v) is 6.59. The molecule has 104 valence electrons. The van der Waals surface area contributed by atoms with Crippen LogP contribution in [-0.2, 0) is 6.54 Å². The van der Waals surface area contributed by atoms with E-state index in [9.17, 15) is 0 Å². The van der Waals surface area contributed by atoms with Crippen molar-refractivity contribution in [2.45, 2.75) is 59.5 Å². The number of fused-ring (bicyclic) bond motifs is 2. The van der Waals surface area contributed by atoms with Crippen LogP contribution in [-0.4, -0.2) is 6.04 Å². The summed E-state index contributed by atoms with van der Waals surface area (Å²) in [6.45, 7) is 10.7. The molecule has 2 aliphatic carbocycles. The summed E-state index contributed by atoms with van der Waals surface area (Å²) in [6, 6.07) is 9.44. The van der Waals surface area contributed by atoms with E-state index in [0.29, 0.717) is 16.9 Å². The Morgan fingerprint density at radius 3 is 2.53 bits per heavy atom. The topological polar surface area (TPSA) is 12.0 Å². The molecule has 0 spiro atoms. The van der Waals surface area contributed by atoms with Gasteiger partial charge in [0.1, 0.15) is 0 Å². The van der Waals surface area contributed by atoms with Gasteiger partial charge in [-0.2, -0.15) is 0 Å². The largest absolute Gasteiger partial charge is 0.309 e. The fourth-order valence-corrected chi connectivity index (χ4v) is 4.55. The average Bonchev–Trinajstić information content (AvgIpc) is 2.70. The predicted molar refractivity (Wildman–Crippen MR) is 81.0 cm³/mol. The number of benzene rings is 1. The quantitative estimate of drug-likeness (QED) is 0.851. The molecule has 0 amide bonds. The molecule has 1 aromatic carbocycles. The normalized spacial score (nSPS) is 35.8. The average molecular weight is 257 g/mol. The summed E-state index contributed by atoms with van der Waals surface area (Å²) < 4.78 is 0. The number of hydrogen-bond acceptors (Lipinski definition) is 1. The van der Waals surface area contributed by atoms with Crippen LogP contribution in [0.25, 0.3) is 0 Å². The molecule has 2 aliphatic rings. The van der Waals surface area contributed by atoms with Gasteiger partial charge in [0.2, 0.25) is 0 Å². The molecule has 2 fully saturated rings. The first-order valence-electron chi connectivity index (χ1n) is 7.73. The van der Waals surface area contributed by atoms with Gasteiger partial charge in [0, 0.05) is 12.6 Å². The smallest absolute Gasteiger partial charge is 0.0210 e. The minimum atomic E-state index is 0.486. The summed E-state index contributed by atoms with van der Waals surface area (Å²) in [5, 5.41) is 3.87. The second kappa shape index (κ2) is 4.34. The van der Waals surface area contributed by atoms with E-state index in [1.807, 2.05) is 0 Å². The fraction of sp³-hybridized carbons (Fsp3) is 0.667. The van der Waals surface area contributed by atoms with Gasteiger partial charge in [0.05, 0.1) is 0 Å². The van der Waals surface area contributed by atoms with Crippen molar-refractivity contribution in [3.05, 3.63) is 35.4 Å². The van der Waals surface area contributed by atoms with E-state index in [-0.39, 0.29) is 0 Å². The molecule has 2 bridgehead atoms. The molecule has 19 heavy (non-hydrogen) atoms. The third-order valence-electron chi connectivity index (χ3n) is 6.59. The van der Waals surface area contributed by atoms with Gasteiger partial charge in [0.25, 0.3) is 0 Å². The predicted octanol–water partition coefficient (Wildman–Crippen LogP) is 4.30. The Balaban J connectivity index is 1.71. The minimum Gasteiger partial charge on any atom is -0.309 e. The lowest BCUT2D eigenvalue weighted by Gasteiger charge is -2.39. The van der Waals surface area contributed by atoms with Gasteiger partial charge >= 0.3 is 0 Å². The SMILES string of the molecule is Cc1ccccc1CNC1CC2CCC1(C)C2(C)C. The Bertz CT molecular complexity index is 476. The Labute approximate surface area is 117 Å². The van der Waals surface area contributed by atoms with Crippen LogP contribution in [0, 0.1) is 23.7 Å². The van der Waals surface area contributed by atoms with Crippen LogP contribution in [0.15, 0.2) is 24.3 Å². The van der Waals surface area contributed by atoms with Crippen LogP contribution in [0.3, 0.4) is 0 Å². The second-order valence-electron chi connectivity index (χ2n) is 7.47. The molecule has 3 rings (SSSR count). The molecule has 1 heteroatoms. The van der Waals surface area contributed by atoms with Crippen molar-refractivity contribution >= 4 is 0 Å². The monoisotopic (exact) mass is 257 g/mol. The zero-order valence-corrected chi connectivity index (χ0v) is 12.8. The van der Waals surface area contributed by atoms with E-state index in [0.717, 1.165) is 12.5 Å². The summed E-state index contributed by atoms with van der Waals surface area (Å²) in [6.07, 6.45) is 4.21. The molecule has 0 aromatic heterocycles. The molecular weight excluding hydrogens is 230 g/mol. The molecule has 3 unspecified atom stereocenters. The van der Waals surface area contributed by atoms with Gasteiger partial charge in [-0.05, 0) is 54.1 Å². The molecule has 0 saturated heterocycles. The summed E-state index contributed by atoms with van der Waals surface area (Å²) in [5.74, 6) is 0.923. The molecular formula is C18H27N. The Hall–Kier alpha value is -0.820. The Morgan fingerprint density at radius 1 is 1.21 bits per heavy atom. The zero-order chi connectivity index (χ0) is 13.7. The van der Waals surface area contributed by atoms with Crippen molar-refractivity contribution in [3.63, 3.8) is 0 Å². The van der Waals surface area contributed by atoms with Crippen LogP contribution in [0.2, 0.25) is 0 Å². The van der Waals surface area contributed by atoms with Crippen LogP contribution >= 0.6 is 0 Å². The van der Waals surface area contributed by atoms with Crippen LogP contribution in [0.5, 0.6) is 0 Å². The summed E-state index contributed by atoms with van der Waals surface area (Å²) in [7, 11) is 0. The summed E-state index contributed by atoms with van der Waals surface area (Å²) in [4.78, 5) is 0. The molecule has 2 saturated carbocycles. The van der Waals surface area contributed by atoms with Crippen molar-refractivity contribution in [1.82, 2.24) is 5.32 Å². The standard InChI is InChI=1S/C18H27N/c1-13-7-5-6-8-14(13)12-19-16-11-15-9-10-18(16,4)17(15,2)3/h5-8,15-16,19H,9-12H2,1-4H3. The van der Waals surface area contributed by atoms with E-state index in [2.05, 4.69) is 57.3 Å². The van der Waals surface area contributed by atoms with Crippen molar-refractivity contribution in [3.8, 4) is 0 Å². The molecule has 0 aliphatic heterocycles.